The van der Waals surface area contributed by atoms with Gasteiger partial charge >= 0.3 is 0 Å². The molecular weight excluding hydrogens is 266 g/mol. The van der Waals surface area contributed by atoms with Crippen molar-refractivity contribution in [2.24, 2.45) is 0 Å². The van der Waals surface area contributed by atoms with E-state index in [9.17, 15) is 0 Å². The highest BCUT2D eigenvalue weighted by Crippen LogP contribution is 2.32. The summed E-state index contributed by atoms with van der Waals surface area (Å²) in [7, 11) is 3.79. The predicted molar refractivity (Wildman–Crippen MR) is 80.7 cm³/mol. The molecule has 1 aliphatic rings. The third kappa shape index (κ3) is 3.28. The molecule has 4 nitrogen and oxygen atoms in total. The third-order valence-corrected chi connectivity index (χ3v) is 3.48. The van der Waals surface area contributed by atoms with E-state index < -0.39 is 0 Å². The zero-order valence-electron chi connectivity index (χ0n) is 12.3. The predicted octanol–water partition coefficient (Wildman–Crippen LogP) is 3.06. The smallest absolute Gasteiger partial charge is 0.231 e. The quantitative estimate of drug-likeness (QED) is 0.845. The maximum atomic E-state index is 5.41. The summed E-state index contributed by atoms with van der Waals surface area (Å²) in [4.78, 5) is 2.26. The first-order valence-electron chi connectivity index (χ1n) is 6.94. The van der Waals surface area contributed by atoms with Gasteiger partial charge in [-0.05, 0) is 42.4 Å². The Labute approximate surface area is 124 Å². The fourth-order valence-corrected chi connectivity index (χ4v) is 2.49. The molecule has 110 valence electrons. The van der Waals surface area contributed by atoms with Gasteiger partial charge in [0, 0.05) is 13.1 Å². The van der Waals surface area contributed by atoms with Crippen molar-refractivity contribution in [2.75, 3.05) is 21.0 Å². The summed E-state index contributed by atoms with van der Waals surface area (Å²) in [6.07, 6.45) is 0. The van der Waals surface area contributed by atoms with Crippen molar-refractivity contribution in [3.05, 3.63) is 53.6 Å². The molecular formula is C17H19NO3. The lowest BCUT2D eigenvalue weighted by Crippen LogP contribution is -2.17. The van der Waals surface area contributed by atoms with Crippen molar-refractivity contribution in [2.45, 2.75) is 13.1 Å². The lowest BCUT2D eigenvalue weighted by Gasteiger charge is -2.17. The van der Waals surface area contributed by atoms with Gasteiger partial charge in [-0.15, -0.1) is 0 Å². The molecule has 0 aliphatic carbocycles. The molecule has 1 heterocycles. The van der Waals surface area contributed by atoms with Crippen molar-refractivity contribution in [3.63, 3.8) is 0 Å². The summed E-state index contributed by atoms with van der Waals surface area (Å²) < 4.78 is 16.0. The highest BCUT2D eigenvalue weighted by Gasteiger charge is 2.13. The van der Waals surface area contributed by atoms with E-state index in [0.29, 0.717) is 6.79 Å². The van der Waals surface area contributed by atoms with Gasteiger partial charge in [-0.25, -0.2) is 0 Å². The van der Waals surface area contributed by atoms with Crippen LogP contribution in [-0.2, 0) is 13.1 Å². The van der Waals surface area contributed by atoms with Gasteiger partial charge in [-0.3, -0.25) is 4.90 Å². The van der Waals surface area contributed by atoms with Gasteiger partial charge in [0.1, 0.15) is 5.75 Å². The molecule has 0 bridgehead atoms. The first kappa shape index (κ1) is 13.8. The first-order valence-corrected chi connectivity index (χ1v) is 6.94. The zero-order chi connectivity index (χ0) is 14.7. The Balaban J connectivity index is 1.64. The summed E-state index contributed by atoms with van der Waals surface area (Å²) in [5, 5.41) is 0. The fraction of sp³-hybridized carbons (Fsp3) is 0.294. The van der Waals surface area contributed by atoms with Gasteiger partial charge in [0.15, 0.2) is 11.5 Å². The maximum Gasteiger partial charge on any atom is 0.231 e. The van der Waals surface area contributed by atoms with E-state index in [2.05, 4.69) is 30.1 Å². The van der Waals surface area contributed by atoms with Crippen LogP contribution in [0.2, 0.25) is 0 Å². The minimum atomic E-state index is 0.318. The Morgan fingerprint density at radius 3 is 2.57 bits per heavy atom. The minimum absolute atomic E-state index is 0.318. The third-order valence-electron chi connectivity index (χ3n) is 3.48. The zero-order valence-corrected chi connectivity index (χ0v) is 12.3. The van der Waals surface area contributed by atoms with E-state index >= 15 is 0 Å². The summed E-state index contributed by atoms with van der Waals surface area (Å²) in [6.45, 7) is 2.04. The molecule has 0 fully saturated rings. The number of hydrogen-bond donors (Lipinski definition) is 0. The van der Waals surface area contributed by atoms with Gasteiger partial charge in [-0.1, -0.05) is 18.2 Å². The van der Waals surface area contributed by atoms with Crippen LogP contribution in [0.3, 0.4) is 0 Å². The molecule has 0 spiro atoms. The largest absolute Gasteiger partial charge is 0.497 e. The van der Waals surface area contributed by atoms with Crippen molar-refractivity contribution in [3.8, 4) is 17.2 Å². The van der Waals surface area contributed by atoms with Crippen LogP contribution in [-0.4, -0.2) is 25.9 Å². The highest BCUT2D eigenvalue weighted by molar-refractivity contribution is 5.44. The van der Waals surface area contributed by atoms with E-state index in [4.69, 9.17) is 14.2 Å². The lowest BCUT2D eigenvalue weighted by molar-refractivity contribution is 0.174. The number of nitrogens with zero attached hydrogens (tertiary/aromatic N) is 1. The molecule has 0 N–H and O–H groups in total. The molecule has 0 saturated heterocycles. The molecule has 3 rings (SSSR count). The van der Waals surface area contributed by atoms with Crippen molar-refractivity contribution >= 4 is 0 Å². The number of hydrogen-bond acceptors (Lipinski definition) is 4. The van der Waals surface area contributed by atoms with Gasteiger partial charge < -0.3 is 14.2 Å². The number of fused-ring (bicyclic) bond motifs is 1. The van der Waals surface area contributed by atoms with E-state index in [1.165, 1.54) is 11.1 Å². The van der Waals surface area contributed by atoms with E-state index in [1.807, 2.05) is 24.3 Å². The second kappa shape index (κ2) is 6.06. The Bertz CT molecular complexity index is 627. The average molecular weight is 285 g/mol. The Hall–Kier alpha value is -2.20. The van der Waals surface area contributed by atoms with Crippen LogP contribution in [0.1, 0.15) is 11.1 Å². The van der Waals surface area contributed by atoms with Crippen LogP contribution in [0.15, 0.2) is 42.5 Å². The van der Waals surface area contributed by atoms with Crippen molar-refractivity contribution < 1.29 is 14.2 Å². The Kier molecular flexibility index (Phi) is 3.97. The standard InChI is InChI=1S/C17H19NO3/c1-18(10-13-4-3-5-15(8-13)19-2)11-14-6-7-16-17(9-14)21-12-20-16/h3-9H,10-12H2,1-2H3. The molecule has 0 radical (unpaired) electrons. The normalized spacial score (nSPS) is 12.7. The summed E-state index contributed by atoms with van der Waals surface area (Å²) in [6, 6.07) is 14.2. The molecule has 0 saturated carbocycles. The van der Waals surface area contributed by atoms with Crippen LogP contribution < -0.4 is 14.2 Å². The highest BCUT2D eigenvalue weighted by atomic mass is 16.7. The van der Waals surface area contributed by atoms with E-state index in [0.717, 1.165) is 30.3 Å². The average Bonchev–Trinajstić information content (AvgIpc) is 2.95. The molecule has 0 atom stereocenters. The summed E-state index contributed by atoms with van der Waals surface area (Å²) in [5.74, 6) is 2.56. The molecule has 2 aromatic carbocycles. The van der Waals surface area contributed by atoms with Crippen LogP contribution in [0.4, 0.5) is 0 Å². The van der Waals surface area contributed by atoms with Gasteiger partial charge in [-0.2, -0.15) is 0 Å². The van der Waals surface area contributed by atoms with Gasteiger partial charge in [0.2, 0.25) is 6.79 Å². The second-order valence-corrected chi connectivity index (χ2v) is 5.21. The monoisotopic (exact) mass is 285 g/mol. The lowest BCUT2D eigenvalue weighted by atomic mass is 10.1. The van der Waals surface area contributed by atoms with Crippen LogP contribution in [0, 0.1) is 0 Å². The topological polar surface area (TPSA) is 30.9 Å². The molecule has 2 aromatic rings. The molecule has 0 aromatic heterocycles. The maximum absolute atomic E-state index is 5.41. The Morgan fingerprint density at radius 2 is 1.76 bits per heavy atom. The van der Waals surface area contributed by atoms with Crippen LogP contribution in [0.25, 0.3) is 0 Å². The van der Waals surface area contributed by atoms with Crippen LogP contribution in [0.5, 0.6) is 17.2 Å². The number of methoxy groups -OCH3 is 1. The van der Waals surface area contributed by atoms with E-state index in [1.54, 1.807) is 7.11 Å². The minimum Gasteiger partial charge on any atom is -0.497 e. The van der Waals surface area contributed by atoms with Crippen molar-refractivity contribution in [1.29, 1.82) is 0 Å². The van der Waals surface area contributed by atoms with Gasteiger partial charge in [0.05, 0.1) is 7.11 Å². The first-order chi connectivity index (χ1) is 10.2. The SMILES string of the molecule is COc1cccc(CN(C)Cc2ccc3c(c2)OCO3)c1. The van der Waals surface area contributed by atoms with Crippen LogP contribution >= 0.6 is 0 Å². The molecule has 21 heavy (non-hydrogen) atoms. The molecule has 4 heteroatoms. The fourth-order valence-electron chi connectivity index (χ4n) is 2.49. The number of rotatable bonds is 5. The molecule has 1 aliphatic heterocycles. The Morgan fingerprint density at radius 1 is 1.00 bits per heavy atom. The number of ether oxygens (including phenoxy) is 3. The molecule has 0 unspecified atom stereocenters. The summed E-state index contributed by atoms with van der Waals surface area (Å²) in [5.41, 5.74) is 2.45. The second-order valence-electron chi connectivity index (χ2n) is 5.21. The van der Waals surface area contributed by atoms with Gasteiger partial charge in [0.25, 0.3) is 0 Å². The number of benzene rings is 2. The molecule has 0 amide bonds. The van der Waals surface area contributed by atoms with Crippen molar-refractivity contribution in [1.82, 2.24) is 4.90 Å². The van der Waals surface area contributed by atoms with E-state index in [-0.39, 0.29) is 0 Å². The summed E-state index contributed by atoms with van der Waals surface area (Å²) >= 11 is 0.